The van der Waals surface area contributed by atoms with E-state index in [0.717, 1.165) is 62.2 Å². The second-order valence-electron chi connectivity index (χ2n) is 8.21. The molecule has 5 rings (SSSR count). The van der Waals surface area contributed by atoms with Crippen molar-refractivity contribution in [2.24, 2.45) is 0 Å². The van der Waals surface area contributed by atoms with Crippen LogP contribution in [0.1, 0.15) is 43.8 Å². The van der Waals surface area contributed by atoms with Crippen LogP contribution in [0.5, 0.6) is 0 Å². The zero-order chi connectivity index (χ0) is 20.0. The van der Waals surface area contributed by atoms with Crippen LogP contribution in [0.2, 0.25) is 5.02 Å². The van der Waals surface area contributed by atoms with Crippen LogP contribution in [0.4, 0.5) is 11.8 Å². The van der Waals surface area contributed by atoms with E-state index >= 15 is 0 Å². The van der Waals surface area contributed by atoms with Gasteiger partial charge in [-0.25, -0.2) is 9.97 Å². The second-order valence-corrected chi connectivity index (χ2v) is 10.1. The number of hydrogen-bond donors (Lipinski definition) is 2. The highest BCUT2D eigenvalue weighted by Crippen LogP contribution is 2.40. The van der Waals surface area contributed by atoms with Gasteiger partial charge in [-0.3, -0.25) is 8.89 Å². The maximum atomic E-state index is 12.6. The van der Waals surface area contributed by atoms with Crippen molar-refractivity contribution in [3.63, 3.8) is 0 Å². The second kappa shape index (κ2) is 7.52. The summed E-state index contributed by atoms with van der Waals surface area (Å²) in [5, 5.41) is 18.7. The topological polar surface area (TPSA) is 96.2 Å². The maximum absolute atomic E-state index is 12.6. The van der Waals surface area contributed by atoms with Gasteiger partial charge in [0.1, 0.15) is 4.90 Å². The Balaban J connectivity index is 1.35. The average Bonchev–Trinajstić information content (AvgIpc) is 3.26. The van der Waals surface area contributed by atoms with Gasteiger partial charge in [0.2, 0.25) is 5.95 Å². The molecule has 2 aromatic rings. The minimum atomic E-state index is -1.02. The van der Waals surface area contributed by atoms with Crippen LogP contribution in [0.15, 0.2) is 17.3 Å². The molecule has 10 heteroatoms. The van der Waals surface area contributed by atoms with Gasteiger partial charge in [-0.05, 0) is 32.1 Å². The van der Waals surface area contributed by atoms with E-state index in [9.17, 15) is 9.32 Å². The highest BCUT2D eigenvalue weighted by molar-refractivity contribution is 7.85. The molecule has 0 aromatic carbocycles. The molecule has 2 aromatic heterocycles. The molecule has 0 spiro atoms. The monoisotopic (exact) mass is 436 g/mol. The molecule has 1 atom stereocenters. The number of aliphatic hydroxyl groups excluding tert-OH is 1. The number of anilines is 2. The molecule has 0 amide bonds. The fraction of sp³-hybridized carbons (Fsp3) is 0.632. The van der Waals surface area contributed by atoms with Crippen LogP contribution in [0.3, 0.4) is 0 Å². The number of nitrogens with one attached hydrogen (secondary N) is 1. The molecule has 4 heterocycles. The standard InChI is InChI=1S/C19H25ClN6O2S/c20-13-10-21-18(22-11-13)25-7-2-14(3-8-25)26-15-4-9-29(28)16(15)17(24-26)23-19(12-27)5-1-6-19/h10-11,14,27H,1-9,12H2,(H,23,24). The zero-order valence-corrected chi connectivity index (χ0v) is 17.8. The third-order valence-electron chi connectivity index (χ3n) is 6.41. The summed E-state index contributed by atoms with van der Waals surface area (Å²) in [6.07, 6.45) is 8.86. The van der Waals surface area contributed by atoms with E-state index in [0.29, 0.717) is 22.5 Å². The highest BCUT2D eigenvalue weighted by atomic mass is 35.5. The van der Waals surface area contributed by atoms with Crippen LogP contribution >= 0.6 is 11.6 Å². The Morgan fingerprint density at radius 2 is 2.00 bits per heavy atom. The zero-order valence-electron chi connectivity index (χ0n) is 16.2. The smallest absolute Gasteiger partial charge is 0.225 e. The predicted molar refractivity (Wildman–Crippen MR) is 112 cm³/mol. The first kappa shape index (κ1) is 19.3. The number of hydrogen-bond acceptors (Lipinski definition) is 7. The van der Waals surface area contributed by atoms with Crippen molar-refractivity contribution in [2.45, 2.75) is 55.0 Å². The van der Waals surface area contributed by atoms with Crippen molar-refractivity contribution in [3.8, 4) is 0 Å². The van der Waals surface area contributed by atoms with Crippen molar-refractivity contribution < 1.29 is 9.32 Å². The van der Waals surface area contributed by atoms with E-state index in [4.69, 9.17) is 16.7 Å². The predicted octanol–water partition coefficient (Wildman–Crippen LogP) is 2.16. The third kappa shape index (κ3) is 3.43. The van der Waals surface area contributed by atoms with E-state index in [1.54, 1.807) is 12.4 Å². The van der Waals surface area contributed by atoms with Gasteiger partial charge in [-0.2, -0.15) is 5.10 Å². The lowest BCUT2D eigenvalue weighted by molar-refractivity contribution is 0.143. The van der Waals surface area contributed by atoms with Crippen LogP contribution in [0.25, 0.3) is 0 Å². The molecule has 8 nitrogen and oxygen atoms in total. The van der Waals surface area contributed by atoms with Gasteiger partial charge >= 0.3 is 0 Å². The molecule has 1 unspecified atom stereocenters. The fourth-order valence-corrected chi connectivity index (χ4v) is 6.00. The number of halogens is 1. The van der Waals surface area contributed by atoms with E-state index in [2.05, 4.69) is 24.9 Å². The van der Waals surface area contributed by atoms with Gasteiger partial charge < -0.3 is 15.3 Å². The fourth-order valence-electron chi connectivity index (χ4n) is 4.55. The molecule has 0 radical (unpaired) electrons. The third-order valence-corrected chi connectivity index (χ3v) is 8.06. The van der Waals surface area contributed by atoms with Crippen LogP contribution in [-0.4, -0.2) is 60.1 Å². The molecular weight excluding hydrogens is 412 g/mol. The van der Waals surface area contributed by atoms with E-state index in [-0.39, 0.29) is 18.2 Å². The Morgan fingerprint density at radius 3 is 2.62 bits per heavy atom. The Bertz CT molecular complexity index is 916. The van der Waals surface area contributed by atoms with E-state index in [1.807, 2.05) is 0 Å². The van der Waals surface area contributed by atoms with Gasteiger partial charge in [-0.15, -0.1) is 0 Å². The van der Waals surface area contributed by atoms with Gasteiger partial charge in [0.15, 0.2) is 5.82 Å². The molecular formula is C19H25ClN6O2S. The summed E-state index contributed by atoms with van der Waals surface area (Å²) in [6.45, 7) is 1.77. The van der Waals surface area contributed by atoms with Gasteiger partial charge in [0.25, 0.3) is 0 Å². The number of piperidine rings is 1. The van der Waals surface area contributed by atoms with Crippen molar-refractivity contribution in [2.75, 3.05) is 35.7 Å². The largest absolute Gasteiger partial charge is 0.394 e. The molecule has 29 heavy (non-hydrogen) atoms. The Hall–Kier alpha value is -1.71. The van der Waals surface area contributed by atoms with Crippen LogP contribution < -0.4 is 10.2 Å². The molecule has 1 saturated heterocycles. The number of aliphatic hydroxyl groups is 1. The lowest BCUT2D eigenvalue weighted by Gasteiger charge is -2.41. The Morgan fingerprint density at radius 1 is 1.28 bits per heavy atom. The summed E-state index contributed by atoms with van der Waals surface area (Å²) in [4.78, 5) is 11.7. The lowest BCUT2D eigenvalue weighted by Crippen LogP contribution is -2.48. The summed E-state index contributed by atoms with van der Waals surface area (Å²) in [5.74, 6) is 2.08. The van der Waals surface area contributed by atoms with Crippen molar-refractivity contribution in [1.82, 2.24) is 19.7 Å². The quantitative estimate of drug-likeness (QED) is 0.741. The molecule has 2 aliphatic heterocycles. The Labute approximate surface area is 177 Å². The summed E-state index contributed by atoms with van der Waals surface area (Å²) in [5.41, 5.74) is 0.800. The normalized spacial score (nSPS) is 23.7. The van der Waals surface area contributed by atoms with E-state index < -0.39 is 10.8 Å². The molecule has 2 N–H and O–H groups in total. The first-order valence-electron chi connectivity index (χ1n) is 10.2. The summed E-state index contributed by atoms with van der Waals surface area (Å²) in [6, 6.07) is 0.268. The van der Waals surface area contributed by atoms with Gasteiger partial charge in [0.05, 0.1) is 52.1 Å². The van der Waals surface area contributed by atoms with E-state index in [1.165, 1.54) is 0 Å². The van der Waals surface area contributed by atoms with Crippen LogP contribution in [0, 0.1) is 0 Å². The van der Waals surface area contributed by atoms with Crippen molar-refractivity contribution >= 4 is 34.2 Å². The van der Waals surface area contributed by atoms with Crippen LogP contribution in [-0.2, 0) is 17.2 Å². The molecule has 0 bridgehead atoms. The minimum Gasteiger partial charge on any atom is -0.394 e. The van der Waals surface area contributed by atoms with Crippen molar-refractivity contribution in [3.05, 3.63) is 23.1 Å². The van der Waals surface area contributed by atoms with Gasteiger partial charge in [0, 0.05) is 25.3 Å². The molecule has 156 valence electrons. The average molecular weight is 437 g/mol. The Kier molecular flexibility index (Phi) is 4.99. The SMILES string of the molecule is O=S1CCc2c1c(NC1(CO)CCC1)nn2C1CCN(c2ncc(Cl)cn2)CC1. The highest BCUT2D eigenvalue weighted by Gasteiger charge is 2.40. The maximum Gasteiger partial charge on any atom is 0.225 e. The molecule has 1 saturated carbocycles. The first-order valence-corrected chi connectivity index (χ1v) is 11.9. The number of nitrogens with zero attached hydrogens (tertiary/aromatic N) is 5. The van der Waals surface area contributed by atoms with Crippen molar-refractivity contribution in [1.29, 1.82) is 0 Å². The summed E-state index contributed by atoms with van der Waals surface area (Å²) in [7, 11) is -1.02. The molecule has 1 aliphatic carbocycles. The summed E-state index contributed by atoms with van der Waals surface area (Å²) >= 11 is 5.89. The first-order chi connectivity index (χ1) is 14.1. The number of fused-ring (bicyclic) bond motifs is 1. The van der Waals surface area contributed by atoms with Gasteiger partial charge in [-0.1, -0.05) is 11.6 Å². The number of aromatic nitrogens is 4. The lowest BCUT2D eigenvalue weighted by atomic mass is 9.77. The minimum absolute atomic E-state index is 0.0841. The summed E-state index contributed by atoms with van der Waals surface area (Å²) < 4.78 is 14.8. The number of rotatable bonds is 5. The molecule has 2 fully saturated rings. The molecule has 3 aliphatic rings.